The Balaban J connectivity index is 1.76. The van der Waals surface area contributed by atoms with Crippen LogP contribution in [0.5, 0.6) is 5.75 Å². The number of piperidine rings is 1. The van der Waals surface area contributed by atoms with Gasteiger partial charge in [-0.2, -0.15) is 5.26 Å². The molecule has 2 aromatic carbocycles. The van der Waals surface area contributed by atoms with Gasteiger partial charge in [0.2, 0.25) is 0 Å². The number of aromatic nitrogens is 1. The Hall–Kier alpha value is -2.90. The number of nitrogens with zero attached hydrogens (tertiary/aromatic N) is 2. The van der Waals surface area contributed by atoms with E-state index in [-0.39, 0.29) is 6.10 Å². The first-order valence-corrected chi connectivity index (χ1v) is 9.05. The van der Waals surface area contributed by atoms with Gasteiger partial charge >= 0.3 is 0 Å². The fourth-order valence-electron chi connectivity index (χ4n) is 3.47. The molecule has 1 aliphatic rings. The lowest BCUT2D eigenvalue weighted by Gasteiger charge is -2.25. The Bertz CT molecular complexity index is 955. The van der Waals surface area contributed by atoms with Gasteiger partial charge in [-0.15, -0.1) is 0 Å². The molecule has 1 saturated heterocycles. The number of pyridine rings is 1. The lowest BCUT2D eigenvalue weighted by Crippen LogP contribution is -2.34. The fourth-order valence-corrected chi connectivity index (χ4v) is 3.47. The molecule has 0 unspecified atom stereocenters. The van der Waals surface area contributed by atoms with Gasteiger partial charge in [-0.1, -0.05) is 24.3 Å². The van der Waals surface area contributed by atoms with E-state index in [1.165, 1.54) is 0 Å². The number of ether oxygens (including phenoxy) is 1. The van der Waals surface area contributed by atoms with Crippen molar-refractivity contribution in [2.75, 3.05) is 13.1 Å². The van der Waals surface area contributed by atoms with Gasteiger partial charge in [0.05, 0.1) is 12.5 Å². The second-order valence-electron chi connectivity index (χ2n) is 6.67. The average molecular weight is 343 g/mol. The molecule has 0 amide bonds. The Morgan fingerprint density at radius 3 is 2.85 bits per heavy atom. The fraction of sp³-hybridized carbons (Fsp3) is 0.273. The zero-order valence-corrected chi connectivity index (χ0v) is 14.6. The maximum Gasteiger partial charge on any atom is 0.129 e. The number of hydrogen-bond donors (Lipinski definition) is 1. The van der Waals surface area contributed by atoms with Crippen LogP contribution in [0, 0.1) is 11.3 Å². The molecule has 1 fully saturated rings. The van der Waals surface area contributed by atoms with Gasteiger partial charge in [0.15, 0.2) is 0 Å². The normalized spacial score (nSPS) is 14.9. The number of rotatable bonds is 4. The first-order valence-electron chi connectivity index (χ1n) is 9.05. The standard InChI is InChI=1S/C22H21N3O/c23-8-4-16-2-1-3-17(12-16)19-13-18-5-9-25-15-21(18)22(14-19)26-20-6-10-24-11-7-20/h1-3,5,9,12-15,20,24H,4,6-7,10-11H2. The summed E-state index contributed by atoms with van der Waals surface area (Å²) in [7, 11) is 0. The summed E-state index contributed by atoms with van der Waals surface area (Å²) in [4.78, 5) is 4.28. The number of nitrogens with one attached hydrogen (secondary N) is 1. The molecule has 4 nitrogen and oxygen atoms in total. The van der Waals surface area contributed by atoms with E-state index < -0.39 is 0 Å². The van der Waals surface area contributed by atoms with Crippen molar-refractivity contribution in [3.05, 3.63) is 60.4 Å². The molecule has 4 rings (SSSR count). The monoisotopic (exact) mass is 343 g/mol. The van der Waals surface area contributed by atoms with Crippen LogP contribution < -0.4 is 10.1 Å². The summed E-state index contributed by atoms with van der Waals surface area (Å²) in [6.07, 6.45) is 6.38. The van der Waals surface area contributed by atoms with Crippen LogP contribution in [0.3, 0.4) is 0 Å². The predicted octanol–water partition coefficient (Wildman–Crippen LogP) is 4.10. The molecule has 0 bridgehead atoms. The maximum atomic E-state index is 8.97. The van der Waals surface area contributed by atoms with E-state index in [4.69, 9.17) is 10.00 Å². The molecule has 0 atom stereocenters. The number of hydrogen-bond acceptors (Lipinski definition) is 4. The Labute approximate surface area is 153 Å². The minimum Gasteiger partial charge on any atom is -0.490 e. The SMILES string of the molecule is N#CCc1cccc(-c2cc(OC3CCNCC3)c3cnccc3c2)c1. The molecule has 26 heavy (non-hydrogen) atoms. The molecular formula is C22H21N3O. The van der Waals surface area contributed by atoms with Gasteiger partial charge < -0.3 is 10.1 Å². The van der Waals surface area contributed by atoms with Crippen molar-refractivity contribution in [2.45, 2.75) is 25.4 Å². The summed E-state index contributed by atoms with van der Waals surface area (Å²) in [6, 6.07) is 16.7. The van der Waals surface area contributed by atoms with Crippen molar-refractivity contribution in [3.63, 3.8) is 0 Å². The molecule has 0 spiro atoms. The highest BCUT2D eigenvalue weighted by molar-refractivity contribution is 5.92. The molecule has 1 aliphatic heterocycles. The van der Waals surface area contributed by atoms with Gasteiger partial charge in [0.25, 0.3) is 0 Å². The van der Waals surface area contributed by atoms with Crippen LogP contribution in [0.25, 0.3) is 21.9 Å². The van der Waals surface area contributed by atoms with Crippen molar-refractivity contribution in [1.82, 2.24) is 10.3 Å². The predicted molar refractivity (Wildman–Crippen MR) is 103 cm³/mol. The van der Waals surface area contributed by atoms with Crippen molar-refractivity contribution in [1.29, 1.82) is 5.26 Å². The highest BCUT2D eigenvalue weighted by atomic mass is 16.5. The van der Waals surface area contributed by atoms with Crippen LogP contribution in [-0.4, -0.2) is 24.2 Å². The first-order chi connectivity index (χ1) is 12.8. The minimum absolute atomic E-state index is 0.236. The molecule has 0 saturated carbocycles. The van der Waals surface area contributed by atoms with Crippen molar-refractivity contribution in [2.24, 2.45) is 0 Å². The molecule has 2 heterocycles. The zero-order valence-electron chi connectivity index (χ0n) is 14.6. The maximum absolute atomic E-state index is 8.97. The minimum atomic E-state index is 0.236. The van der Waals surface area contributed by atoms with Crippen LogP contribution in [0.2, 0.25) is 0 Å². The average Bonchev–Trinajstić information content (AvgIpc) is 2.69. The summed E-state index contributed by atoms with van der Waals surface area (Å²) in [5, 5.41) is 14.5. The first kappa shape index (κ1) is 16.6. The molecule has 130 valence electrons. The summed E-state index contributed by atoms with van der Waals surface area (Å²) in [6.45, 7) is 1.99. The van der Waals surface area contributed by atoms with Crippen LogP contribution in [0.4, 0.5) is 0 Å². The van der Waals surface area contributed by atoms with Crippen LogP contribution >= 0.6 is 0 Å². The number of benzene rings is 2. The summed E-state index contributed by atoms with van der Waals surface area (Å²) in [5.41, 5.74) is 3.24. The Morgan fingerprint density at radius 2 is 2.00 bits per heavy atom. The van der Waals surface area contributed by atoms with E-state index in [9.17, 15) is 0 Å². The van der Waals surface area contributed by atoms with Crippen LogP contribution in [0.15, 0.2) is 54.9 Å². The third-order valence-electron chi connectivity index (χ3n) is 4.84. The molecular weight excluding hydrogens is 322 g/mol. The molecule has 0 aliphatic carbocycles. The van der Waals surface area contributed by atoms with Gasteiger partial charge in [-0.3, -0.25) is 4.98 Å². The van der Waals surface area contributed by atoms with Crippen molar-refractivity contribution in [3.8, 4) is 22.9 Å². The quantitative estimate of drug-likeness (QED) is 0.775. The van der Waals surface area contributed by atoms with Gasteiger partial charge in [0, 0.05) is 17.8 Å². The Morgan fingerprint density at radius 1 is 1.12 bits per heavy atom. The molecule has 4 heteroatoms. The second kappa shape index (κ2) is 7.55. The molecule has 3 aromatic rings. The molecule has 1 aromatic heterocycles. The van der Waals surface area contributed by atoms with Gasteiger partial charge in [-0.05, 0) is 66.2 Å². The van der Waals surface area contributed by atoms with Crippen molar-refractivity contribution >= 4 is 10.8 Å². The number of nitriles is 1. The van der Waals surface area contributed by atoms with Gasteiger partial charge in [0.1, 0.15) is 11.9 Å². The molecule has 0 radical (unpaired) electrons. The zero-order chi connectivity index (χ0) is 17.8. The smallest absolute Gasteiger partial charge is 0.129 e. The number of fused-ring (bicyclic) bond motifs is 1. The van der Waals surface area contributed by atoms with Crippen LogP contribution in [-0.2, 0) is 6.42 Å². The lowest BCUT2D eigenvalue weighted by atomic mass is 9.99. The summed E-state index contributed by atoms with van der Waals surface area (Å²) < 4.78 is 6.38. The lowest BCUT2D eigenvalue weighted by molar-refractivity contribution is 0.164. The van der Waals surface area contributed by atoms with E-state index >= 15 is 0 Å². The van der Waals surface area contributed by atoms with Crippen LogP contribution in [0.1, 0.15) is 18.4 Å². The third-order valence-corrected chi connectivity index (χ3v) is 4.84. The Kier molecular flexibility index (Phi) is 4.81. The summed E-state index contributed by atoms with van der Waals surface area (Å²) >= 11 is 0. The van der Waals surface area contributed by atoms with Gasteiger partial charge in [-0.25, -0.2) is 0 Å². The van der Waals surface area contributed by atoms with E-state index in [2.05, 4.69) is 40.6 Å². The van der Waals surface area contributed by atoms with Crippen molar-refractivity contribution < 1.29 is 4.74 Å². The largest absolute Gasteiger partial charge is 0.490 e. The highest BCUT2D eigenvalue weighted by Gasteiger charge is 2.16. The van der Waals surface area contributed by atoms with E-state index in [1.807, 2.05) is 30.6 Å². The topological polar surface area (TPSA) is 57.9 Å². The third kappa shape index (κ3) is 3.54. The highest BCUT2D eigenvalue weighted by Crippen LogP contribution is 2.33. The van der Waals surface area contributed by atoms with E-state index in [0.717, 1.165) is 59.1 Å². The summed E-state index contributed by atoms with van der Waals surface area (Å²) in [5.74, 6) is 0.892. The second-order valence-corrected chi connectivity index (χ2v) is 6.67. The molecule has 1 N–H and O–H groups in total. The van der Waals surface area contributed by atoms with E-state index in [1.54, 1.807) is 0 Å². The van der Waals surface area contributed by atoms with E-state index in [0.29, 0.717) is 6.42 Å².